The summed E-state index contributed by atoms with van der Waals surface area (Å²) >= 11 is 9.01. The van der Waals surface area contributed by atoms with Crippen LogP contribution in [0.4, 0.5) is 8.78 Å². The fourth-order valence-corrected chi connectivity index (χ4v) is 2.40. The minimum absolute atomic E-state index is 0.0540. The van der Waals surface area contributed by atoms with E-state index in [1.807, 2.05) is 0 Å². The van der Waals surface area contributed by atoms with Crippen LogP contribution in [0.15, 0.2) is 40.9 Å². The first-order valence-electron chi connectivity index (χ1n) is 4.92. The number of halogens is 4. The second-order valence-electron chi connectivity index (χ2n) is 3.65. The van der Waals surface area contributed by atoms with E-state index in [0.29, 0.717) is 15.6 Å². The fraction of sp³-hybridized carbons (Fsp3) is 0. The Morgan fingerprint density at radius 3 is 2.06 bits per heavy atom. The van der Waals surface area contributed by atoms with Crippen molar-refractivity contribution in [3.63, 3.8) is 0 Å². The number of carbonyl (C=O) groups excluding carboxylic acids is 1. The molecular formula is C13H6BrClF2O. The van der Waals surface area contributed by atoms with Crippen LogP contribution >= 0.6 is 27.5 Å². The number of benzene rings is 2. The minimum Gasteiger partial charge on any atom is -0.289 e. The molecule has 0 saturated carbocycles. The van der Waals surface area contributed by atoms with Gasteiger partial charge in [-0.15, -0.1) is 0 Å². The molecule has 5 heteroatoms. The quantitative estimate of drug-likeness (QED) is 0.734. The van der Waals surface area contributed by atoms with Gasteiger partial charge in [0.05, 0.1) is 0 Å². The lowest BCUT2D eigenvalue weighted by Gasteiger charge is -2.03. The van der Waals surface area contributed by atoms with Crippen LogP contribution in [0.5, 0.6) is 0 Å². The van der Waals surface area contributed by atoms with Crippen molar-refractivity contribution < 1.29 is 13.6 Å². The summed E-state index contributed by atoms with van der Waals surface area (Å²) in [7, 11) is 0. The molecule has 0 aliphatic heterocycles. The molecule has 0 fully saturated rings. The lowest BCUT2D eigenvalue weighted by Crippen LogP contribution is -2.02. The Hall–Kier alpha value is -1.26. The summed E-state index contributed by atoms with van der Waals surface area (Å²) in [5.41, 5.74) is 0.209. The highest BCUT2D eigenvalue weighted by Gasteiger charge is 2.13. The lowest BCUT2D eigenvalue weighted by atomic mass is 10.0. The lowest BCUT2D eigenvalue weighted by molar-refractivity contribution is 0.103. The molecule has 0 amide bonds. The van der Waals surface area contributed by atoms with E-state index in [4.69, 9.17) is 11.6 Å². The Kier molecular flexibility index (Phi) is 3.78. The van der Waals surface area contributed by atoms with Crippen LogP contribution in [0.1, 0.15) is 15.9 Å². The van der Waals surface area contributed by atoms with Crippen LogP contribution in [0.2, 0.25) is 5.02 Å². The topological polar surface area (TPSA) is 17.1 Å². The zero-order valence-electron chi connectivity index (χ0n) is 8.88. The maximum atomic E-state index is 13.0. The molecule has 0 bridgehead atoms. The fourth-order valence-electron chi connectivity index (χ4n) is 1.54. The number of carbonyl (C=O) groups is 1. The molecule has 92 valence electrons. The highest BCUT2D eigenvalue weighted by molar-refractivity contribution is 9.10. The van der Waals surface area contributed by atoms with Gasteiger partial charge in [0.15, 0.2) is 5.78 Å². The van der Waals surface area contributed by atoms with Gasteiger partial charge >= 0.3 is 0 Å². The van der Waals surface area contributed by atoms with Gasteiger partial charge in [-0.2, -0.15) is 0 Å². The summed E-state index contributed by atoms with van der Waals surface area (Å²) in [5.74, 6) is -2.07. The van der Waals surface area contributed by atoms with Crippen LogP contribution in [-0.4, -0.2) is 5.78 Å². The Bertz CT molecular complexity index is 534. The first-order chi connectivity index (χ1) is 8.45. The van der Waals surface area contributed by atoms with Crippen LogP contribution < -0.4 is 0 Å². The van der Waals surface area contributed by atoms with Crippen molar-refractivity contribution >= 4 is 33.3 Å². The summed E-state index contributed by atoms with van der Waals surface area (Å²) in [6, 6.07) is 7.28. The summed E-state index contributed by atoms with van der Waals surface area (Å²) in [5, 5.41) is 0.365. The highest BCUT2D eigenvalue weighted by atomic mass is 79.9. The smallest absolute Gasteiger partial charge is 0.193 e. The van der Waals surface area contributed by atoms with Gasteiger partial charge in [-0.3, -0.25) is 4.79 Å². The molecular weight excluding hydrogens is 325 g/mol. The number of hydrogen-bond acceptors (Lipinski definition) is 1. The molecule has 0 aliphatic carbocycles. The van der Waals surface area contributed by atoms with E-state index in [9.17, 15) is 13.6 Å². The van der Waals surface area contributed by atoms with E-state index >= 15 is 0 Å². The van der Waals surface area contributed by atoms with Gasteiger partial charge in [-0.1, -0.05) is 27.5 Å². The van der Waals surface area contributed by atoms with Gasteiger partial charge in [0.2, 0.25) is 0 Å². The van der Waals surface area contributed by atoms with E-state index in [1.54, 1.807) is 6.07 Å². The van der Waals surface area contributed by atoms with Crippen molar-refractivity contribution in [1.82, 2.24) is 0 Å². The molecule has 0 aromatic heterocycles. The highest BCUT2D eigenvalue weighted by Crippen LogP contribution is 2.22. The van der Waals surface area contributed by atoms with Crippen molar-refractivity contribution in [1.29, 1.82) is 0 Å². The largest absolute Gasteiger partial charge is 0.289 e. The van der Waals surface area contributed by atoms with Crippen LogP contribution in [0.25, 0.3) is 0 Å². The van der Waals surface area contributed by atoms with E-state index in [0.717, 1.165) is 12.1 Å². The van der Waals surface area contributed by atoms with Gasteiger partial charge in [0, 0.05) is 26.7 Å². The molecule has 0 unspecified atom stereocenters. The standard InChI is InChI=1S/C13H6BrClF2O/c14-9-1-7(2-10(15)5-9)13(18)8-3-11(16)6-12(17)4-8/h1-6H. The number of ketones is 1. The molecule has 2 rings (SSSR count). The first-order valence-corrected chi connectivity index (χ1v) is 6.10. The van der Waals surface area contributed by atoms with Crippen molar-refractivity contribution in [3.8, 4) is 0 Å². The van der Waals surface area contributed by atoms with Crippen molar-refractivity contribution in [3.05, 3.63) is 68.7 Å². The van der Waals surface area contributed by atoms with Crippen molar-refractivity contribution in [2.24, 2.45) is 0 Å². The predicted octanol–water partition coefficient (Wildman–Crippen LogP) is 4.61. The second kappa shape index (κ2) is 5.16. The second-order valence-corrected chi connectivity index (χ2v) is 5.00. The maximum absolute atomic E-state index is 13.0. The average molecular weight is 332 g/mol. The zero-order chi connectivity index (χ0) is 13.3. The van der Waals surface area contributed by atoms with Crippen molar-refractivity contribution in [2.45, 2.75) is 0 Å². The van der Waals surface area contributed by atoms with Crippen LogP contribution in [-0.2, 0) is 0 Å². The van der Waals surface area contributed by atoms with Crippen LogP contribution in [0.3, 0.4) is 0 Å². The van der Waals surface area contributed by atoms with E-state index < -0.39 is 17.4 Å². The molecule has 0 N–H and O–H groups in total. The first kappa shape index (κ1) is 13.2. The molecule has 2 aromatic carbocycles. The normalized spacial score (nSPS) is 10.4. The summed E-state index contributed by atoms with van der Waals surface area (Å²) in [4.78, 5) is 12.0. The van der Waals surface area contributed by atoms with Gasteiger partial charge < -0.3 is 0 Å². The van der Waals surface area contributed by atoms with E-state index in [2.05, 4.69) is 15.9 Å². The molecule has 0 spiro atoms. The zero-order valence-corrected chi connectivity index (χ0v) is 11.2. The summed E-state index contributed by atoms with van der Waals surface area (Å²) in [6.07, 6.45) is 0. The summed E-state index contributed by atoms with van der Waals surface area (Å²) < 4.78 is 26.7. The van der Waals surface area contributed by atoms with E-state index in [1.165, 1.54) is 12.1 Å². The summed E-state index contributed by atoms with van der Waals surface area (Å²) in [6.45, 7) is 0. The molecule has 0 heterocycles. The maximum Gasteiger partial charge on any atom is 0.193 e. The SMILES string of the molecule is O=C(c1cc(F)cc(F)c1)c1cc(Cl)cc(Br)c1. The molecule has 0 atom stereocenters. The van der Waals surface area contributed by atoms with Crippen LogP contribution in [0, 0.1) is 11.6 Å². The van der Waals surface area contributed by atoms with Gasteiger partial charge in [0.1, 0.15) is 11.6 Å². The molecule has 0 radical (unpaired) electrons. The Morgan fingerprint density at radius 2 is 1.50 bits per heavy atom. The van der Waals surface area contributed by atoms with Gasteiger partial charge in [0.25, 0.3) is 0 Å². The minimum atomic E-state index is -0.792. The number of rotatable bonds is 2. The molecule has 0 aliphatic rings. The molecule has 18 heavy (non-hydrogen) atoms. The Morgan fingerprint density at radius 1 is 0.944 bits per heavy atom. The van der Waals surface area contributed by atoms with E-state index in [-0.39, 0.29) is 11.1 Å². The Balaban J connectivity index is 2.47. The molecule has 1 nitrogen and oxygen atoms in total. The van der Waals surface area contributed by atoms with Gasteiger partial charge in [-0.05, 0) is 30.3 Å². The Labute approximate surface area is 116 Å². The van der Waals surface area contributed by atoms with Gasteiger partial charge in [-0.25, -0.2) is 8.78 Å². The monoisotopic (exact) mass is 330 g/mol. The molecule has 2 aromatic rings. The third-order valence-electron chi connectivity index (χ3n) is 2.25. The number of hydrogen-bond donors (Lipinski definition) is 0. The molecule has 0 saturated heterocycles. The third-order valence-corrected chi connectivity index (χ3v) is 2.93. The average Bonchev–Trinajstić information content (AvgIpc) is 2.25. The predicted molar refractivity (Wildman–Crippen MR) is 68.9 cm³/mol. The van der Waals surface area contributed by atoms with Crippen molar-refractivity contribution in [2.75, 3.05) is 0 Å². The third kappa shape index (κ3) is 2.94.